The molecule has 10 heteroatoms. The summed E-state index contributed by atoms with van der Waals surface area (Å²) in [6.07, 6.45) is 1.36. The monoisotopic (exact) mass is 484 g/mol. The normalized spacial score (nSPS) is 13.9. The fourth-order valence-electron chi connectivity index (χ4n) is 3.91. The summed E-state index contributed by atoms with van der Waals surface area (Å²) >= 11 is 0. The van der Waals surface area contributed by atoms with Crippen LogP contribution in [0.5, 0.6) is 0 Å². The molecule has 1 aromatic heterocycles. The van der Waals surface area contributed by atoms with E-state index in [4.69, 9.17) is 0 Å². The van der Waals surface area contributed by atoms with Gasteiger partial charge in [-0.15, -0.1) is 0 Å². The van der Waals surface area contributed by atoms with Gasteiger partial charge in [0.2, 0.25) is 11.8 Å². The Morgan fingerprint density at radius 2 is 1.82 bits per heavy atom. The van der Waals surface area contributed by atoms with Crippen LogP contribution in [0.15, 0.2) is 41.3 Å². The van der Waals surface area contributed by atoms with Crippen molar-refractivity contribution in [1.82, 2.24) is 9.78 Å². The van der Waals surface area contributed by atoms with Crippen molar-refractivity contribution in [3.8, 4) is 11.1 Å². The van der Waals surface area contributed by atoms with Crippen LogP contribution in [0.2, 0.25) is 0 Å². The Morgan fingerprint density at radius 1 is 1.09 bits per heavy atom. The minimum atomic E-state index is -4.06. The van der Waals surface area contributed by atoms with E-state index in [-0.39, 0.29) is 41.1 Å². The number of carbonyl (C=O) groups is 2. The van der Waals surface area contributed by atoms with Gasteiger partial charge in [0, 0.05) is 18.4 Å². The summed E-state index contributed by atoms with van der Waals surface area (Å²) in [4.78, 5) is 24.8. The zero-order valence-corrected chi connectivity index (χ0v) is 19.9. The number of hydrogen-bond donors (Lipinski definition) is 2. The third kappa shape index (κ3) is 4.45. The summed E-state index contributed by atoms with van der Waals surface area (Å²) in [5.74, 6) is -0.881. The molecule has 178 valence electrons. The molecule has 4 rings (SSSR count). The zero-order valence-electron chi connectivity index (χ0n) is 19.1. The van der Waals surface area contributed by atoms with E-state index in [1.807, 2.05) is 6.92 Å². The summed E-state index contributed by atoms with van der Waals surface area (Å²) in [7, 11) is -4.06. The number of nitrogens with zero attached hydrogens (tertiary/aromatic N) is 2. The lowest BCUT2D eigenvalue weighted by molar-refractivity contribution is -0.116. The van der Waals surface area contributed by atoms with Gasteiger partial charge >= 0.3 is 0 Å². The van der Waals surface area contributed by atoms with Crippen molar-refractivity contribution in [2.75, 3.05) is 10.0 Å². The quantitative estimate of drug-likeness (QED) is 0.538. The van der Waals surface area contributed by atoms with Crippen molar-refractivity contribution in [2.45, 2.75) is 51.3 Å². The highest BCUT2D eigenvalue weighted by atomic mass is 32.2. The Hall–Kier alpha value is -3.53. The molecule has 3 aromatic rings. The molecule has 0 spiro atoms. The molecule has 34 heavy (non-hydrogen) atoms. The topological polar surface area (TPSA) is 110 Å². The lowest BCUT2D eigenvalue weighted by Gasteiger charge is -2.14. The van der Waals surface area contributed by atoms with E-state index in [1.165, 1.54) is 22.9 Å². The van der Waals surface area contributed by atoms with Crippen LogP contribution in [0.1, 0.15) is 47.8 Å². The Morgan fingerprint density at radius 3 is 2.53 bits per heavy atom. The second-order valence-corrected chi connectivity index (χ2v) is 9.97. The fourth-order valence-corrected chi connectivity index (χ4v) is 5.23. The Bertz CT molecular complexity index is 1410. The predicted octanol–water partition coefficient (Wildman–Crippen LogP) is 4.43. The lowest BCUT2D eigenvalue weighted by atomic mass is 10.0. The van der Waals surface area contributed by atoms with Crippen LogP contribution in [0.3, 0.4) is 0 Å². The first kappa shape index (κ1) is 23.6. The highest BCUT2D eigenvalue weighted by Crippen LogP contribution is 2.36. The van der Waals surface area contributed by atoms with Crippen molar-refractivity contribution in [2.24, 2.45) is 0 Å². The van der Waals surface area contributed by atoms with Crippen LogP contribution in [-0.2, 0) is 21.2 Å². The van der Waals surface area contributed by atoms with Crippen molar-refractivity contribution in [1.29, 1.82) is 0 Å². The molecule has 0 unspecified atom stereocenters. The average molecular weight is 485 g/mol. The molecule has 0 saturated heterocycles. The van der Waals surface area contributed by atoms with Crippen LogP contribution in [-0.4, -0.2) is 30.0 Å². The summed E-state index contributed by atoms with van der Waals surface area (Å²) < 4.78 is 44.0. The summed E-state index contributed by atoms with van der Waals surface area (Å²) in [5.41, 5.74) is 2.61. The van der Waals surface area contributed by atoms with Crippen molar-refractivity contribution in [3.63, 3.8) is 0 Å². The number of aryl methyl sites for hydroxylation is 3. The van der Waals surface area contributed by atoms with Gasteiger partial charge in [-0.3, -0.25) is 14.3 Å². The van der Waals surface area contributed by atoms with Gasteiger partial charge in [0.05, 0.1) is 16.3 Å². The molecule has 0 bridgehead atoms. The maximum Gasteiger partial charge on any atom is 0.262 e. The van der Waals surface area contributed by atoms with Crippen molar-refractivity contribution in [3.05, 3.63) is 59.0 Å². The second-order valence-electron chi connectivity index (χ2n) is 8.32. The molecule has 2 N–H and O–H groups in total. The van der Waals surface area contributed by atoms with Gasteiger partial charge in [0.1, 0.15) is 11.6 Å². The molecule has 2 heterocycles. The van der Waals surface area contributed by atoms with Crippen molar-refractivity contribution < 1.29 is 22.4 Å². The Kier molecular flexibility index (Phi) is 6.26. The number of aromatic nitrogens is 2. The first-order valence-corrected chi connectivity index (χ1v) is 12.4. The minimum absolute atomic E-state index is 0.000318. The summed E-state index contributed by atoms with van der Waals surface area (Å²) in [6, 6.07) is 8.99. The number of carbonyl (C=O) groups excluding carboxylic acids is 2. The highest BCUT2D eigenvalue weighted by Gasteiger charge is 2.28. The molecule has 2 aromatic carbocycles. The first-order chi connectivity index (χ1) is 16.1. The lowest BCUT2D eigenvalue weighted by Crippen LogP contribution is -2.15. The molecule has 0 radical (unpaired) electrons. The minimum Gasteiger partial charge on any atom is -0.310 e. The highest BCUT2D eigenvalue weighted by molar-refractivity contribution is 7.92. The van der Waals surface area contributed by atoms with Gasteiger partial charge in [-0.1, -0.05) is 31.5 Å². The van der Waals surface area contributed by atoms with Crippen molar-refractivity contribution >= 4 is 33.3 Å². The molecule has 0 aliphatic carbocycles. The van der Waals surface area contributed by atoms with Gasteiger partial charge in [0.25, 0.3) is 10.0 Å². The molecular weight excluding hydrogens is 459 g/mol. The number of rotatable bonds is 6. The Balaban J connectivity index is 1.83. The van der Waals surface area contributed by atoms with E-state index in [1.54, 1.807) is 26.0 Å². The van der Waals surface area contributed by atoms with E-state index in [2.05, 4.69) is 15.1 Å². The van der Waals surface area contributed by atoms with Gasteiger partial charge in [-0.25, -0.2) is 12.8 Å². The van der Waals surface area contributed by atoms with E-state index >= 15 is 0 Å². The van der Waals surface area contributed by atoms with Crippen LogP contribution < -0.4 is 10.0 Å². The second kappa shape index (κ2) is 9.02. The molecule has 0 saturated carbocycles. The zero-order chi connectivity index (χ0) is 24.6. The Labute approximate surface area is 197 Å². The largest absolute Gasteiger partial charge is 0.310 e. The predicted molar refractivity (Wildman–Crippen MR) is 127 cm³/mol. The van der Waals surface area contributed by atoms with Crippen LogP contribution in [0.4, 0.5) is 15.9 Å². The van der Waals surface area contributed by atoms with Gasteiger partial charge in [-0.2, -0.15) is 9.78 Å². The van der Waals surface area contributed by atoms with Gasteiger partial charge in [-0.05, 0) is 55.2 Å². The van der Waals surface area contributed by atoms with E-state index in [9.17, 15) is 22.4 Å². The van der Waals surface area contributed by atoms with Gasteiger partial charge in [0.15, 0.2) is 0 Å². The first-order valence-electron chi connectivity index (χ1n) is 11.0. The maximum atomic E-state index is 14.0. The molecule has 0 atom stereocenters. The van der Waals surface area contributed by atoms with Crippen LogP contribution in [0, 0.1) is 19.7 Å². The molecule has 1 amide bonds. The van der Waals surface area contributed by atoms with E-state index in [0.29, 0.717) is 34.4 Å². The number of anilines is 2. The van der Waals surface area contributed by atoms with E-state index < -0.39 is 15.8 Å². The number of benzene rings is 2. The number of amides is 1. The van der Waals surface area contributed by atoms with Gasteiger partial charge < -0.3 is 5.32 Å². The fraction of sp³-hybridized carbons (Fsp3) is 0.292. The SMILES string of the molecule is CCCc1nn2c(c1-c1ccc(C)c(S(=O)(=O)Nc3ccc(C)c(F)c3)c1)NC(=O)CCC2=O. The molecular formula is C24H25FN4O4S. The number of sulfonamides is 1. The van der Waals surface area contributed by atoms with Crippen LogP contribution in [0.25, 0.3) is 11.1 Å². The number of hydrogen-bond acceptors (Lipinski definition) is 5. The maximum absolute atomic E-state index is 14.0. The average Bonchev–Trinajstić information content (AvgIpc) is 3.06. The smallest absolute Gasteiger partial charge is 0.262 e. The standard InChI is InChI=1S/C24H25FN4O4S/c1-4-5-19-23(24-26-21(30)10-11-22(31)29(24)27-19)16-8-6-15(3)20(12-16)34(32,33)28-17-9-7-14(2)18(25)13-17/h6-9,12-13,28H,4-5,10-11H2,1-3H3,(H,26,30). The summed E-state index contributed by atoms with van der Waals surface area (Å²) in [6.45, 7) is 5.21. The third-order valence-electron chi connectivity index (χ3n) is 5.70. The summed E-state index contributed by atoms with van der Waals surface area (Å²) in [5, 5.41) is 7.19. The molecule has 1 aliphatic heterocycles. The number of halogens is 1. The van der Waals surface area contributed by atoms with Crippen LogP contribution >= 0.6 is 0 Å². The molecule has 1 aliphatic rings. The van der Waals surface area contributed by atoms with E-state index in [0.717, 1.165) is 12.5 Å². The number of fused-ring (bicyclic) bond motifs is 1. The molecule has 8 nitrogen and oxygen atoms in total. The number of nitrogens with one attached hydrogen (secondary N) is 2. The molecule has 0 fully saturated rings. The third-order valence-corrected chi connectivity index (χ3v) is 7.22.